The van der Waals surface area contributed by atoms with Crippen LogP contribution in [0.4, 0.5) is 35.1 Å². The maximum absolute atomic E-state index is 13.3. The molecule has 1 N–H and O–H groups in total. The third kappa shape index (κ3) is 5.56. The Labute approximate surface area is 141 Å². The molecule has 26 heavy (non-hydrogen) atoms. The van der Waals surface area contributed by atoms with E-state index in [1.807, 2.05) is 0 Å². The Balaban J connectivity index is 2.44. The van der Waals surface area contributed by atoms with E-state index in [1.54, 1.807) is 5.32 Å². The molecule has 0 aliphatic rings. The summed E-state index contributed by atoms with van der Waals surface area (Å²) in [7, 11) is 0. The van der Waals surface area contributed by atoms with Gasteiger partial charge in [0.1, 0.15) is 0 Å². The summed E-state index contributed by atoms with van der Waals surface area (Å²) >= 11 is 0. The van der Waals surface area contributed by atoms with Gasteiger partial charge in [0.15, 0.2) is 0 Å². The molecule has 146 valence electrons. The third-order valence-corrected chi connectivity index (χ3v) is 2.99. The number of amides is 1. The minimum atomic E-state index is -5.02. The summed E-state index contributed by atoms with van der Waals surface area (Å²) in [5.41, 5.74) is 0. The molecule has 1 amide bonds. The second-order valence-corrected chi connectivity index (χ2v) is 4.94. The lowest BCUT2D eigenvalue weighted by Gasteiger charge is -2.09. The summed E-state index contributed by atoms with van der Waals surface area (Å²) in [4.78, 5) is 21.9. The molecule has 1 rings (SSSR count). The fourth-order valence-electron chi connectivity index (χ4n) is 1.71. The number of benzene rings is 1. The van der Waals surface area contributed by atoms with E-state index in [4.69, 9.17) is 0 Å². The van der Waals surface area contributed by atoms with E-state index in [1.165, 1.54) is 0 Å². The van der Waals surface area contributed by atoms with Crippen molar-refractivity contribution in [2.24, 2.45) is 0 Å². The smallest absolute Gasteiger partial charge is 0.420 e. The van der Waals surface area contributed by atoms with Gasteiger partial charge < -0.3 is 10.1 Å². The zero-order chi connectivity index (χ0) is 20.1. The second kappa shape index (κ2) is 8.81. The largest absolute Gasteiger partial charge is 0.471 e. The van der Waals surface area contributed by atoms with Gasteiger partial charge in [-0.1, -0.05) is 6.42 Å². The first-order valence-electron chi connectivity index (χ1n) is 7.04. The van der Waals surface area contributed by atoms with Gasteiger partial charge in [0.2, 0.25) is 34.8 Å². The first-order chi connectivity index (χ1) is 12.0. The van der Waals surface area contributed by atoms with Gasteiger partial charge in [-0.25, -0.2) is 13.2 Å². The van der Waals surface area contributed by atoms with Crippen molar-refractivity contribution in [3.05, 3.63) is 29.1 Å². The molecule has 0 bridgehead atoms. The molecule has 1 aromatic rings. The van der Waals surface area contributed by atoms with E-state index in [0.717, 1.165) is 0 Å². The van der Waals surface area contributed by atoms with Crippen molar-refractivity contribution in [1.82, 2.24) is 5.32 Å². The Hall–Kier alpha value is -2.40. The number of hydrogen-bond donors (Lipinski definition) is 1. The van der Waals surface area contributed by atoms with Crippen LogP contribution in [0.25, 0.3) is 0 Å². The van der Waals surface area contributed by atoms with Gasteiger partial charge in [-0.05, 0) is 12.8 Å². The number of carbonyl (C=O) groups is 2. The Morgan fingerprint density at radius 1 is 0.808 bits per heavy atom. The normalized spacial score (nSPS) is 11.4. The number of nitrogens with one attached hydrogen (secondary N) is 1. The molecule has 0 heterocycles. The van der Waals surface area contributed by atoms with E-state index < -0.39 is 59.3 Å². The number of unbranched alkanes of at least 4 members (excludes halogenated alkanes) is 2. The fraction of sp³-hybridized carbons (Fsp3) is 0.429. The molecular weight excluding hydrogens is 382 g/mol. The van der Waals surface area contributed by atoms with Crippen LogP contribution in [0.5, 0.6) is 5.75 Å². The highest BCUT2D eigenvalue weighted by molar-refractivity contribution is 5.81. The van der Waals surface area contributed by atoms with E-state index in [9.17, 15) is 44.7 Å². The summed E-state index contributed by atoms with van der Waals surface area (Å²) in [6, 6.07) is 0. The van der Waals surface area contributed by atoms with Crippen LogP contribution >= 0.6 is 0 Å². The highest BCUT2D eigenvalue weighted by Crippen LogP contribution is 2.29. The van der Waals surface area contributed by atoms with Gasteiger partial charge in [0.05, 0.1) is 0 Å². The Bertz CT molecular complexity index is 661. The predicted molar refractivity (Wildman–Crippen MR) is 69.4 cm³/mol. The minimum absolute atomic E-state index is 0.0177. The Kier molecular flexibility index (Phi) is 7.33. The minimum Gasteiger partial charge on any atom is -0.420 e. The van der Waals surface area contributed by atoms with Crippen molar-refractivity contribution >= 4 is 11.9 Å². The van der Waals surface area contributed by atoms with Crippen molar-refractivity contribution in [3.8, 4) is 5.75 Å². The quantitative estimate of drug-likeness (QED) is 0.193. The number of esters is 1. The van der Waals surface area contributed by atoms with Crippen molar-refractivity contribution < 1.29 is 49.4 Å². The average Bonchev–Trinajstić information content (AvgIpc) is 2.57. The molecule has 12 heteroatoms. The van der Waals surface area contributed by atoms with Crippen LogP contribution in [0.2, 0.25) is 0 Å². The molecule has 0 aromatic heterocycles. The standard InChI is InChI=1S/C14H11F8NO3/c15-7-8(16)10(18)12(11(19)9(7)17)26-6(24)4-2-1-3-5-23-13(25)14(20,21)22/h1-5H2,(H,23,25). The molecule has 0 aliphatic heterocycles. The SMILES string of the molecule is O=C(CCCCCNC(=O)C(F)(F)F)Oc1c(F)c(F)c(F)c(F)c1F. The lowest BCUT2D eigenvalue weighted by Crippen LogP contribution is -2.37. The molecule has 0 radical (unpaired) electrons. The molecule has 0 saturated carbocycles. The molecule has 0 saturated heterocycles. The predicted octanol–water partition coefficient (Wildman–Crippen LogP) is 3.53. The van der Waals surface area contributed by atoms with Gasteiger partial charge in [0, 0.05) is 13.0 Å². The Morgan fingerprint density at radius 3 is 1.81 bits per heavy atom. The highest BCUT2D eigenvalue weighted by atomic mass is 19.4. The van der Waals surface area contributed by atoms with E-state index in [2.05, 4.69) is 4.74 Å². The summed E-state index contributed by atoms with van der Waals surface area (Å²) in [5.74, 6) is -16.7. The molecule has 0 atom stereocenters. The summed E-state index contributed by atoms with van der Waals surface area (Å²) in [6.07, 6.45) is -5.34. The van der Waals surface area contributed by atoms with Crippen molar-refractivity contribution in [3.63, 3.8) is 0 Å². The number of hydrogen-bond acceptors (Lipinski definition) is 3. The van der Waals surface area contributed by atoms with Crippen molar-refractivity contribution in [2.75, 3.05) is 6.54 Å². The zero-order valence-electron chi connectivity index (χ0n) is 12.8. The third-order valence-electron chi connectivity index (χ3n) is 2.99. The molecular formula is C14H11F8NO3. The number of halogens is 8. The van der Waals surface area contributed by atoms with Gasteiger partial charge in [-0.15, -0.1) is 0 Å². The molecule has 1 aromatic carbocycles. The van der Waals surface area contributed by atoms with Crippen LogP contribution in [0.3, 0.4) is 0 Å². The van der Waals surface area contributed by atoms with Gasteiger partial charge in [-0.2, -0.15) is 22.0 Å². The van der Waals surface area contributed by atoms with Gasteiger partial charge in [-0.3, -0.25) is 9.59 Å². The van der Waals surface area contributed by atoms with Crippen LogP contribution < -0.4 is 10.1 Å². The average molecular weight is 393 g/mol. The van der Waals surface area contributed by atoms with Gasteiger partial charge >= 0.3 is 18.1 Å². The Morgan fingerprint density at radius 2 is 1.31 bits per heavy atom. The second-order valence-electron chi connectivity index (χ2n) is 4.94. The zero-order valence-corrected chi connectivity index (χ0v) is 12.8. The monoisotopic (exact) mass is 393 g/mol. The van der Waals surface area contributed by atoms with Gasteiger partial charge in [0.25, 0.3) is 0 Å². The van der Waals surface area contributed by atoms with Crippen molar-refractivity contribution in [1.29, 1.82) is 0 Å². The molecule has 0 aliphatic carbocycles. The lowest BCUT2D eigenvalue weighted by atomic mass is 10.2. The van der Waals surface area contributed by atoms with Crippen LogP contribution in [0.15, 0.2) is 0 Å². The molecule has 0 spiro atoms. The number of carbonyl (C=O) groups excluding carboxylic acids is 2. The number of alkyl halides is 3. The molecule has 4 nitrogen and oxygen atoms in total. The fourth-order valence-corrected chi connectivity index (χ4v) is 1.71. The highest BCUT2D eigenvalue weighted by Gasteiger charge is 2.38. The summed E-state index contributed by atoms with van der Waals surface area (Å²) in [5, 5.41) is 1.59. The van der Waals surface area contributed by atoms with Crippen LogP contribution in [-0.2, 0) is 9.59 Å². The van der Waals surface area contributed by atoms with Crippen LogP contribution in [0, 0.1) is 29.1 Å². The number of ether oxygens (including phenoxy) is 1. The van der Waals surface area contributed by atoms with E-state index in [-0.39, 0.29) is 25.8 Å². The first-order valence-corrected chi connectivity index (χ1v) is 7.04. The van der Waals surface area contributed by atoms with Crippen LogP contribution in [-0.4, -0.2) is 24.6 Å². The van der Waals surface area contributed by atoms with E-state index >= 15 is 0 Å². The lowest BCUT2D eigenvalue weighted by molar-refractivity contribution is -0.173. The van der Waals surface area contributed by atoms with Crippen LogP contribution in [0.1, 0.15) is 25.7 Å². The summed E-state index contributed by atoms with van der Waals surface area (Å²) < 4.78 is 105. The molecule has 0 fully saturated rings. The van der Waals surface area contributed by atoms with Crippen molar-refractivity contribution in [2.45, 2.75) is 31.9 Å². The molecule has 0 unspecified atom stereocenters. The summed E-state index contributed by atoms with van der Waals surface area (Å²) in [6.45, 7) is -0.328. The topological polar surface area (TPSA) is 55.4 Å². The number of rotatable bonds is 7. The maximum atomic E-state index is 13.3. The first kappa shape index (κ1) is 21.6. The maximum Gasteiger partial charge on any atom is 0.471 e. The van der Waals surface area contributed by atoms with E-state index in [0.29, 0.717) is 0 Å².